The molecule has 1 heterocycles. The second-order valence-electron chi connectivity index (χ2n) is 3.49. The van der Waals surface area contributed by atoms with Crippen molar-refractivity contribution in [2.75, 3.05) is 0 Å². The van der Waals surface area contributed by atoms with Crippen molar-refractivity contribution in [3.63, 3.8) is 0 Å². The zero-order valence-electron chi connectivity index (χ0n) is 7.39. The van der Waals surface area contributed by atoms with Crippen molar-refractivity contribution < 1.29 is 0 Å². The third kappa shape index (κ3) is 1.09. The van der Waals surface area contributed by atoms with E-state index in [-0.39, 0.29) is 5.56 Å². The van der Waals surface area contributed by atoms with Crippen LogP contribution in [0, 0.1) is 0 Å². The second kappa shape index (κ2) is 2.81. The lowest BCUT2D eigenvalue weighted by Gasteiger charge is -1.99. The van der Waals surface area contributed by atoms with E-state index in [1.165, 1.54) is 25.0 Å². The summed E-state index contributed by atoms with van der Waals surface area (Å²) in [6.07, 6.45) is 5.67. The number of aryl methyl sites for hydroxylation is 1. The predicted octanol–water partition coefficient (Wildman–Crippen LogP) is 0.982. The minimum absolute atomic E-state index is 0.120. The van der Waals surface area contributed by atoms with Crippen LogP contribution in [-0.2, 0) is 19.9 Å². The first-order chi connectivity index (χ1) is 5.79. The largest absolute Gasteiger partial charge is 0.292 e. The molecule has 0 amide bonds. The van der Waals surface area contributed by atoms with Crippen molar-refractivity contribution in [3.05, 3.63) is 21.6 Å². The molecule has 0 unspecified atom stereocenters. The zero-order chi connectivity index (χ0) is 8.55. The molecule has 0 spiro atoms. The summed E-state index contributed by atoms with van der Waals surface area (Å²) in [6.45, 7) is 0. The fourth-order valence-electron chi connectivity index (χ4n) is 1.97. The first-order valence-electron chi connectivity index (χ1n) is 4.56. The number of fused-ring (bicyclic) bond motifs is 1. The molecule has 1 N–H and O–H groups in total. The molecule has 1 aliphatic rings. The normalized spacial score (nSPS) is 17.1. The second-order valence-corrected chi connectivity index (χ2v) is 3.49. The van der Waals surface area contributed by atoms with Gasteiger partial charge in [-0.15, -0.1) is 0 Å². The van der Waals surface area contributed by atoms with Gasteiger partial charge < -0.3 is 0 Å². The Morgan fingerprint density at radius 1 is 1.25 bits per heavy atom. The Labute approximate surface area is 71.4 Å². The van der Waals surface area contributed by atoms with Gasteiger partial charge in [-0.2, -0.15) is 0 Å². The molecule has 12 heavy (non-hydrogen) atoms. The van der Waals surface area contributed by atoms with Crippen molar-refractivity contribution in [2.45, 2.75) is 32.1 Å². The number of H-pyrrole nitrogens is 1. The van der Waals surface area contributed by atoms with Crippen LogP contribution in [-0.4, -0.2) is 9.78 Å². The standard InChI is InChI=1S/C9H14N2O/c1-11-8-6-4-2-3-5-7(8)9(12)10-11/h2-6H2,1H3,(H,10,12). The van der Waals surface area contributed by atoms with Crippen LogP contribution in [0.2, 0.25) is 0 Å². The van der Waals surface area contributed by atoms with Gasteiger partial charge >= 0.3 is 0 Å². The van der Waals surface area contributed by atoms with E-state index < -0.39 is 0 Å². The van der Waals surface area contributed by atoms with E-state index in [1.807, 2.05) is 11.7 Å². The average Bonchev–Trinajstić information content (AvgIpc) is 2.29. The van der Waals surface area contributed by atoms with Crippen LogP contribution in [0.3, 0.4) is 0 Å². The lowest BCUT2D eigenvalue weighted by atomic mass is 10.1. The molecule has 3 nitrogen and oxygen atoms in total. The Hall–Kier alpha value is -0.990. The number of hydrogen-bond donors (Lipinski definition) is 1. The number of nitrogens with one attached hydrogen (secondary N) is 1. The highest BCUT2D eigenvalue weighted by Gasteiger charge is 2.14. The maximum absolute atomic E-state index is 11.4. The van der Waals surface area contributed by atoms with E-state index in [1.54, 1.807) is 0 Å². The molecule has 1 aromatic heterocycles. The van der Waals surface area contributed by atoms with Crippen molar-refractivity contribution in [1.29, 1.82) is 0 Å². The van der Waals surface area contributed by atoms with Crippen LogP contribution in [0.4, 0.5) is 0 Å². The Morgan fingerprint density at radius 3 is 2.83 bits per heavy atom. The Balaban J connectivity index is 2.51. The molecule has 2 rings (SSSR count). The van der Waals surface area contributed by atoms with Crippen molar-refractivity contribution in [2.24, 2.45) is 7.05 Å². The van der Waals surface area contributed by atoms with Gasteiger partial charge in [-0.3, -0.25) is 14.6 Å². The molecule has 0 bridgehead atoms. The van der Waals surface area contributed by atoms with Crippen molar-refractivity contribution in [1.82, 2.24) is 9.78 Å². The van der Waals surface area contributed by atoms with E-state index in [0.717, 1.165) is 18.4 Å². The molecule has 66 valence electrons. The molecule has 0 aromatic carbocycles. The highest BCUT2D eigenvalue weighted by molar-refractivity contribution is 5.19. The van der Waals surface area contributed by atoms with E-state index in [9.17, 15) is 4.79 Å². The summed E-state index contributed by atoms with van der Waals surface area (Å²) in [4.78, 5) is 11.4. The SMILES string of the molecule is Cn1[nH]c(=O)c2c1CCCCC2. The number of hydrogen-bond acceptors (Lipinski definition) is 1. The van der Waals surface area contributed by atoms with Gasteiger partial charge in [0.15, 0.2) is 0 Å². The molecule has 1 aliphatic carbocycles. The summed E-state index contributed by atoms with van der Waals surface area (Å²) in [5.74, 6) is 0. The monoisotopic (exact) mass is 166 g/mol. The van der Waals surface area contributed by atoms with Gasteiger partial charge in [0.1, 0.15) is 0 Å². The molecule has 0 fully saturated rings. The van der Waals surface area contributed by atoms with Crippen molar-refractivity contribution in [3.8, 4) is 0 Å². The molecule has 0 radical (unpaired) electrons. The van der Waals surface area contributed by atoms with Crippen LogP contribution in [0.1, 0.15) is 30.5 Å². The fraction of sp³-hybridized carbons (Fsp3) is 0.667. The summed E-state index contributed by atoms with van der Waals surface area (Å²) < 4.78 is 1.88. The Morgan fingerprint density at radius 2 is 2.00 bits per heavy atom. The van der Waals surface area contributed by atoms with Crippen LogP contribution < -0.4 is 5.56 Å². The van der Waals surface area contributed by atoms with Gasteiger partial charge in [0.2, 0.25) is 0 Å². The van der Waals surface area contributed by atoms with Gasteiger partial charge in [0.05, 0.1) is 0 Å². The quantitative estimate of drug-likeness (QED) is 0.573. The van der Waals surface area contributed by atoms with E-state index >= 15 is 0 Å². The smallest absolute Gasteiger partial charge is 0.267 e. The first-order valence-corrected chi connectivity index (χ1v) is 4.56. The number of nitrogens with zero attached hydrogens (tertiary/aromatic N) is 1. The molecule has 0 saturated heterocycles. The van der Waals surface area contributed by atoms with Crippen LogP contribution >= 0.6 is 0 Å². The maximum atomic E-state index is 11.4. The van der Waals surface area contributed by atoms with Gasteiger partial charge in [-0.1, -0.05) is 6.42 Å². The molecular weight excluding hydrogens is 152 g/mol. The maximum Gasteiger partial charge on any atom is 0.267 e. The summed E-state index contributed by atoms with van der Waals surface area (Å²) in [5.41, 5.74) is 2.36. The van der Waals surface area contributed by atoms with E-state index in [4.69, 9.17) is 0 Å². The molecular formula is C9H14N2O. The number of aromatic nitrogens is 2. The summed E-state index contributed by atoms with van der Waals surface area (Å²) in [6, 6.07) is 0. The minimum Gasteiger partial charge on any atom is -0.292 e. The third-order valence-electron chi connectivity index (χ3n) is 2.64. The molecule has 0 atom stereocenters. The average molecular weight is 166 g/mol. The topological polar surface area (TPSA) is 37.8 Å². The van der Waals surface area contributed by atoms with Gasteiger partial charge in [-0.25, -0.2) is 0 Å². The fourth-order valence-corrected chi connectivity index (χ4v) is 1.97. The highest BCUT2D eigenvalue weighted by Crippen LogP contribution is 2.16. The van der Waals surface area contributed by atoms with Crippen LogP contribution in [0.5, 0.6) is 0 Å². The van der Waals surface area contributed by atoms with E-state index in [0.29, 0.717) is 0 Å². The van der Waals surface area contributed by atoms with Crippen LogP contribution in [0.25, 0.3) is 0 Å². The Kier molecular flexibility index (Phi) is 1.79. The van der Waals surface area contributed by atoms with Gasteiger partial charge in [0, 0.05) is 18.3 Å². The number of aromatic amines is 1. The summed E-state index contributed by atoms with van der Waals surface area (Å²) in [7, 11) is 1.92. The molecule has 0 saturated carbocycles. The lowest BCUT2D eigenvalue weighted by molar-refractivity contribution is 0.657. The van der Waals surface area contributed by atoms with Crippen molar-refractivity contribution >= 4 is 0 Å². The minimum atomic E-state index is 0.120. The summed E-state index contributed by atoms with van der Waals surface area (Å²) in [5, 5.41) is 2.81. The molecule has 1 aromatic rings. The summed E-state index contributed by atoms with van der Waals surface area (Å²) >= 11 is 0. The Bertz CT molecular complexity index is 335. The molecule has 0 aliphatic heterocycles. The van der Waals surface area contributed by atoms with Crippen LogP contribution in [0.15, 0.2) is 4.79 Å². The highest BCUT2D eigenvalue weighted by atomic mass is 16.1. The lowest BCUT2D eigenvalue weighted by Crippen LogP contribution is -2.06. The zero-order valence-corrected chi connectivity index (χ0v) is 7.39. The van der Waals surface area contributed by atoms with E-state index in [2.05, 4.69) is 5.10 Å². The molecule has 3 heteroatoms. The predicted molar refractivity (Wildman–Crippen MR) is 47.3 cm³/mol. The van der Waals surface area contributed by atoms with Gasteiger partial charge in [0.25, 0.3) is 5.56 Å². The number of rotatable bonds is 0. The first kappa shape index (κ1) is 7.65. The van der Waals surface area contributed by atoms with Gasteiger partial charge in [-0.05, 0) is 25.7 Å². The third-order valence-corrected chi connectivity index (χ3v) is 2.64.